The highest BCUT2D eigenvalue weighted by Gasteiger charge is 2.15. The van der Waals surface area contributed by atoms with Gasteiger partial charge in [0.2, 0.25) is 0 Å². The van der Waals surface area contributed by atoms with Crippen LogP contribution in [0.25, 0.3) is 5.69 Å². The Morgan fingerprint density at radius 2 is 2.18 bits per heavy atom. The van der Waals surface area contributed by atoms with E-state index in [4.69, 9.17) is 5.11 Å². The van der Waals surface area contributed by atoms with E-state index in [0.717, 1.165) is 11.3 Å². The number of carbonyl (C=O) groups excluding carboxylic acids is 1. The standard InChI is InChI=1S/C16H20N4O2/c1-3-9-19(10-11-21)16(22)17-15-13(2)12-20(18-15)14-7-5-4-6-8-14/h3-8,12,21H,1,9-11H2,2H3,(H,17,18,22). The Bertz CT molecular complexity index is 637. The highest BCUT2D eigenvalue weighted by Crippen LogP contribution is 2.16. The van der Waals surface area contributed by atoms with Crippen molar-refractivity contribution in [2.24, 2.45) is 0 Å². The number of aryl methyl sites for hydroxylation is 1. The maximum absolute atomic E-state index is 12.2. The summed E-state index contributed by atoms with van der Waals surface area (Å²) in [5.41, 5.74) is 1.78. The van der Waals surface area contributed by atoms with Crippen LogP contribution in [0.5, 0.6) is 0 Å². The molecular formula is C16H20N4O2. The minimum atomic E-state index is -0.310. The van der Waals surface area contributed by atoms with Gasteiger partial charge in [0, 0.05) is 24.8 Å². The van der Waals surface area contributed by atoms with Crippen molar-refractivity contribution in [2.75, 3.05) is 25.0 Å². The first-order valence-corrected chi connectivity index (χ1v) is 7.05. The van der Waals surface area contributed by atoms with Crippen LogP contribution >= 0.6 is 0 Å². The monoisotopic (exact) mass is 300 g/mol. The van der Waals surface area contributed by atoms with Crippen molar-refractivity contribution in [3.63, 3.8) is 0 Å². The van der Waals surface area contributed by atoms with Crippen LogP contribution in [-0.2, 0) is 0 Å². The Hall–Kier alpha value is -2.60. The molecule has 2 amide bonds. The molecule has 0 fully saturated rings. The predicted octanol–water partition coefficient (Wildman–Crippen LogP) is 2.19. The molecule has 0 aliphatic carbocycles. The summed E-state index contributed by atoms with van der Waals surface area (Å²) < 4.78 is 1.72. The number of urea groups is 1. The first-order chi connectivity index (χ1) is 10.7. The Balaban J connectivity index is 2.14. The summed E-state index contributed by atoms with van der Waals surface area (Å²) in [5, 5.41) is 16.2. The first-order valence-electron chi connectivity index (χ1n) is 7.05. The van der Waals surface area contributed by atoms with Crippen LogP contribution in [0, 0.1) is 6.92 Å². The van der Waals surface area contributed by atoms with Gasteiger partial charge in [-0.05, 0) is 19.1 Å². The van der Waals surface area contributed by atoms with E-state index < -0.39 is 0 Å². The zero-order valence-corrected chi connectivity index (χ0v) is 12.6. The largest absolute Gasteiger partial charge is 0.395 e. The van der Waals surface area contributed by atoms with E-state index in [2.05, 4.69) is 17.0 Å². The normalized spacial score (nSPS) is 10.3. The highest BCUT2D eigenvalue weighted by atomic mass is 16.3. The van der Waals surface area contributed by atoms with E-state index >= 15 is 0 Å². The lowest BCUT2D eigenvalue weighted by molar-refractivity contribution is 0.195. The van der Waals surface area contributed by atoms with Crippen molar-refractivity contribution in [1.82, 2.24) is 14.7 Å². The number of aromatic nitrogens is 2. The summed E-state index contributed by atoms with van der Waals surface area (Å²) in [7, 11) is 0. The molecular weight excluding hydrogens is 280 g/mol. The van der Waals surface area contributed by atoms with Gasteiger partial charge >= 0.3 is 6.03 Å². The van der Waals surface area contributed by atoms with Gasteiger partial charge in [-0.25, -0.2) is 9.48 Å². The second-order valence-corrected chi connectivity index (χ2v) is 4.83. The minimum absolute atomic E-state index is 0.0985. The number of aliphatic hydroxyl groups excluding tert-OH is 1. The molecule has 1 aromatic carbocycles. The molecule has 0 atom stereocenters. The molecule has 1 heterocycles. The molecule has 0 radical (unpaired) electrons. The number of carbonyl (C=O) groups is 1. The van der Waals surface area contributed by atoms with E-state index in [-0.39, 0.29) is 19.2 Å². The molecule has 0 bridgehead atoms. The molecule has 0 spiro atoms. The van der Waals surface area contributed by atoms with E-state index in [1.165, 1.54) is 4.90 Å². The number of amides is 2. The number of nitrogens with zero attached hydrogens (tertiary/aromatic N) is 3. The second kappa shape index (κ2) is 7.42. The molecule has 22 heavy (non-hydrogen) atoms. The zero-order chi connectivity index (χ0) is 15.9. The van der Waals surface area contributed by atoms with Crippen LogP contribution in [0.2, 0.25) is 0 Å². The maximum atomic E-state index is 12.2. The summed E-state index contributed by atoms with van der Waals surface area (Å²) in [6.45, 7) is 6.01. The number of anilines is 1. The first kappa shape index (κ1) is 15.8. The average Bonchev–Trinajstić information content (AvgIpc) is 2.89. The average molecular weight is 300 g/mol. The lowest BCUT2D eigenvalue weighted by atomic mass is 10.3. The lowest BCUT2D eigenvalue weighted by Crippen LogP contribution is -2.37. The van der Waals surface area contributed by atoms with E-state index in [1.807, 2.05) is 43.5 Å². The van der Waals surface area contributed by atoms with Crippen LogP contribution in [0.1, 0.15) is 5.56 Å². The van der Waals surface area contributed by atoms with Gasteiger partial charge in [-0.15, -0.1) is 11.7 Å². The highest BCUT2D eigenvalue weighted by molar-refractivity contribution is 5.89. The third kappa shape index (κ3) is 3.73. The number of nitrogens with one attached hydrogen (secondary N) is 1. The van der Waals surface area contributed by atoms with Crippen LogP contribution < -0.4 is 5.32 Å². The third-order valence-corrected chi connectivity index (χ3v) is 3.15. The number of aliphatic hydroxyl groups is 1. The van der Waals surface area contributed by atoms with Crippen LogP contribution in [0.15, 0.2) is 49.2 Å². The quantitative estimate of drug-likeness (QED) is 0.803. The van der Waals surface area contributed by atoms with Gasteiger partial charge in [-0.3, -0.25) is 5.32 Å². The van der Waals surface area contributed by atoms with Crippen molar-refractivity contribution in [3.05, 3.63) is 54.7 Å². The molecule has 0 unspecified atom stereocenters. The van der Waals surface area contributed by atoms with Crippen molar-refractivity contribution in [3.8, 4) is 5.69 Å². The van der Waals surface area contributed by atoms with Crippen LogP contribution in [0.3, 0.4) is 0 Å². The zero-order valence-electron chi connectivity index (χ0n) is 12.6. The number of benzene rings is 1. The number of hydrogen-bond donors (Lipinski definition) is 2. The fraction of sp³-hybridized carbons (Fsp3) is 0.250. The second-order valence-electron chi connectivity index (χ2n) is 4.83. The molecule has 2 N–H and O–H groups in total. The SMILES string of the molecule is C=CCN(CCO)C(=O)Nc1nn(-c2ccccc2)cc1C. The van der Waals surface area contributed by atoms with Crippen LogP contribution in [0.4, 0.5) is 10.6 Å². The fourth-order valence-electron chi connectivity index (χ4n) is 2.03. The van der Waals surface area contributed by atoms with E-state index in [0.29, 0.717) is 12.4 Å². The summed E-state index contributed by atoms with van der Waals surface area (Å²) in [6.07, 6.45) is 3.47. The molecule has 0 aliphatic rings. The predicted molar refractivity (Wildman–Crippen MR) is 86.2 cm³/mol. The summed E-state index contributed by atoms with van der Waals surface area (Å²) >= 11 is 0. The molecule has 0 saturated carbocycles. The molecule has 0 saturated heterocycles. The van der Waals surface area contributed by atoms with E-state index in [1.54, 1.807) is 10.8 Å². The van der Waals surface area contributed by atoms with Gasteiger partial charge in [0.1, 0.15) is 0 Å². The molecule has 116 valence electrons. The molecule has 0 aliphatic heterocycles. The summed E-state index contributed by atoms with van der Waals surface area (Å²) in [4.78, 5) is 13.7. The smallest absolute Gasteiger partial charge is 0.323 e. The van der Waals surface area contributed by atoms with Crippen molar-refractivity contribution in [2.45, 2.75) is 6.92 Å². The van der Waals surface area contributed by atoms with Gasteiger partial charge in [-0.2, -0.15) is 0 Å². The Kier molecular flexibility index (Phi) is 5.32. The van der Waals surface area contributed by atoms with Crippen molar-refractivity contribution >= 4 is 11.8 Å². The fourth-order valence-corrected chi connectivity index (χ4v) is 2.03. The van der Waals surface area contributed by atoms with E-state index in [9.17, 15) is 4.79 Å². The topological polar surface area (TPSA) is 70.4 Å². The Morgan fingerprint density at radius 3 is 2.82 bits per heavy atom. The Morgan fingerprint density at radius 1 is 1.45 bits per heavy atom. The van der Waals surface area contributed by atoms with Crippen LogP contribution in [-0.4, -0.2) is 45.5 Å². The minimum Gasteiger partial charge on any atom is -0.395 e. The summed E-state index contributed by atoms with van der Waals surface area (Å²) in [6, 6.07) is 9.36. The van der Waals surface area contributed by atoms with Gasteiger partial charge in [0.25, 0.3) is 0 Å². The molecule has 2 aromatic rings. The van der Waals surface area contributed by atoms with Gasteiger partial charge in [-0.1, -0.05) is 24.3 Å². The Labute approximate surface area is 129 Å². The van der Waals surface area contributed by atoms with Gasteiger partial charge in [0.05, 0.1) is 12.3 Å². The number of para-hydroxylation sites is 1. The molecule has 1 aromatic heterocycles. The van der Waals surface area contributed by atoms with Crippen molar-refractivity contribution < 1.29 is 9.90 Å². The van der Waals surface area contributed by atoms with Gasteiger partial charge in [0.15, 0.2) is 5.82 Å². The van der Waals surface area contributed by atoms with Crippen molar-refractivity contribution in [1.29, 1.82) is 0 Å². The lowest BCUT2D eigenvalue weighted by Gasteiger charge is -2.19. The summed E-state index contributed by atoms with van der Waals surface area (Å²) in [5.74, 6) is 0.501. The van der Waals surface area contributed by atoms with Gasteiger partial charge < -0.3 is 10.0 Å². The number of hydrogen-bond acceptors (Lipinski definition) is 3. The molecule has 6 heteroatoms. The molecule has 6 nitrogen and oxygen atoms in total. The molecule has 2 rings (SSSR count). The maximum Gasteiger partial charge on any atom is 0.323 e. The third-order valence-electron chi connectivity index (χ3n) is 3.15. The number of rotatable bonds is 6.